The van der Waals surface area contributed by atoms with E-state index in [9.17, 15) is 44.3 Å². The van der Waals surface area contributed by atoms with Crippen molar-refractivity contribution in [2.24, 2.45) is 0 Å². The molecule has 2 unspecified atom stereocenters. The summed E-state index contributed by atoms with van der Waals surface area (Å²) in [6.07, 6.45) is -14.6. The predicted octanol–water partition coefficient (Wildman–Crippen LogP) is 7.72. The number of likely N-dealkylation sites (tertiary alicyclic amines) is 1. The molecule has 1 fully saturated rings. The maximum atomic E-state index is 14.0. The maximum absolute atomic E-state index is 14.0. The molecule has 0 aliphatic carbocycles. The quantitative estimate of drug-likeness (QED) is 0.222. The van der Waals surface area contributed by atoms with E-state index in [2.05, 4.69) is 20.3 Å². The van der Waals surface area contributed by atoms with Crippen LogP contribution in [0.4, 0.5) is 55.9 Å². The number of carbonyl (C=O) groups is 1. The fraction of sp³-hybridized carbons (Fsp3) is 0.548. The Morgan fingerprint density at radius 2 is 1.51 bits per heavy atom. The van der Waals surface area contributed by atoms with Gasteiger partial charge in [-0.3, -0.25) is 4.90 Å². The standard InChI is InChI=1S/C31H34F9N7O2/c1-18(2)49-28(48)47-19(3)12-26(24-16-21(29(32,33)34)6-7-25(24)47)45(27-41-43-46(42-27)11-10-44-8-4-5-9-44)17-20-13-22(30(35,36)37)15-23(14-20)31(38,39)40/h6-7,13-16,18-19,26H,4-5,8-12,17H2,1-3H3. The second-order valence-electron chi connectivity index (χ2n) is 12.5. The van der Waals surface area contributed by atoms with E-state index in [1.807, 2.05) is 0 Å². The summed E-state index contributed by atoms with van der Waals surface area (Å²) >= 11 is 0. The molecule has 9 nitrogen and oxygen atoms in total. The molecule has 0 spiro atoms. The Labute approximate surface area is 275 Å². The van der Waals surface area contributed by atoms with Crippen molar-refractivity contribution in [2.75, 3.05) is 29.4 Å². The van der Waals surface area contributed by atoms with Crippen molar-refractivity contribution < 1.29 is 49.0 Å². The van der Waals surface area contributed by atoms with Gasteiger partial charge in [-0.2, -0.15) is 44.3 Å². The van der Waals surface area contributed by atoms with Gasteiger partial charge in [-0.05, 0) is 106 Å². The summed E-state index contributed by atoms with van der Waals surface area (Å²) in [4.78, 5) is 18.9. The first kappa shape index (κ1) is 36.2. The highest BCUT2D eigenvalue weighted by Crippen LogP contribution is 2.45. The normalized spacial score (nSPS) is 19.0. The highest BCUT2D eigenvalue weighted by molar-refractivity contribution is 5.90. The number of rotatable bonds is 8. The topological polar surface area (TPSA) is 79.6 Å². The minimum atomic E-state index is -5.14. The number of amides is 1. The van der Waals surface area contributed by atoms with Crippen molar-refractivity contribution >= 4 is 17.7 Å². The first-order chi connectivity index (χ1) is 22.8. The number of alkyl halides is 9. The summed E-state index contributed by atoms with van der Waals surface area (Å²) in [5.41, 5.74) is -4.70. The first-order valence-corrected chi connectivity index (χ1v) is 15.6. The van der Waals surface area contributed by atoms with Gasteiger partial charge in [-0.15, -0.1) is 5.10 Å². The van der Waals surface area contributed by atoms with E-state index in [0.29, 0.717) is 18.7 Å². The zero-order valence-corrected chi connectivity index (χ0v) is 26.7. The Balaban J connectivity index is 1.64. The van der Waals surface area contributed by atoms with E-state index >= 15 is 0 Å². The van der Waals surface area contributed by atoms with Crippen LogP contribution < -0.4 is 9.80 Å². The summed E-state index contributed by atoms with van der Waals surface area (Å²) in [6.45, 7) is 6.63. The predicted molar refractivity (Wildman–Crippen MR) is 158 cm³/mol. The van der Waals surface area contributed by atoms with Crippen molar-refractivity contribution in [3.05, 3.63) is 64.2 Å². The lowest BCUT2D eigenvalue weighted by atomic mass is 9.89. The third-order valence-corrected chi connectivity index (χ3v) is 8.40. The molecule has 2 aromatic carbocycles. The number of tetrazole rings is 1. The highest BCUT2D eigenvalue weighted by Gasteiger charge is 2.42. The van der Waals surface area contributed by atoms with E-state index in [0.717, 1.165) is 44.1 Å². The largest absolute Gasteiger partial charge is 0.446 e. The molecule has 0 saturated carbocycles. The van der Waals surface area contributed by atoms with Crippen LogP contribution in [0.25, 0.3) is 0 Å². The lowest BCUT2D eigenvalue weighted by molar-refractivity contribution is -0.143. The molecule has 0 N–H and O–H groups in total. The molecule has 18 heteroatoms. The number of aromatic nitrogens is 4. The van der Waals surface area contributed by atoms with Gasteiger partial charge in [-0.25, -0.2) is 4.79 Å². The minimum Gasteiger partial charge on any atom is -0.446 e. The van der Waals surface area contributed by atoms with E-state index in [1.54, 1.807) is 20.8 Å². The van der Waals surface area contributed by atoms with Crippen molar-refractivity contribution in [2.45, 2.75) is 89.8 Å². The lowest BCUT2D eigenvalue weighted by Crippen LogP contribution is -2.47. The number of benzene rings is 2. The molecular formula is C31H34F9N7O2. The molecular weight excluding hydrogens is 673 g/mol. The molecule has 2 aliphatic rings. The minimum absolute atomic E-state index is 0.00741. The molecule has 5 rings (SSSR count). The average molecular weight is 708 g/mol. The molecule has 2 aliphatic heterocycles. The Morgan fingerprint density at radius 3 is 2.08 bits per heavy atom. The van der Waals surface area contributed by atoms with E-state index < -0.39 is 71.6 Å². The van der Waals surface area contributed by atoms with Crippen LogP contribution in [0, 0.1) is 0 Å². The van der Waals surface area contributed by atoms with Crippen LogP contribution in [-0.2, 0) is 36.4 Å². The molecule has 0 bridgehead atoms. The summed E-state index contributed by atoms with van der Waals surface area (Å²) in [5.74, 6) is -0.230. The van der Waals surface area contributed by atoms with Gasteiger partial charge in [0.05, 0.1) is 41.1 Å². The molecule has 2 atom stereocenters. The van der Waals surface area contributed by atoms with Crippen LogP contribution in [0.5, 0.6) is 0 Å². The molecule has 49 heavy (non-hydrogen) atoms. The third kappa shape index (κ3) is 8.38. The van der Waals surface area contributed by atoms with Gasteiger partial charge in [-0.1, -0.05) is 5.10 Å². The number of anilines is 2. The fourth-order valence-corrected chi connectivity index (χ4v) is 6.15. The van der Waals surface area contributed by atoms with Gasteiger partial charge < -0.3 is 14.5 Å². The summed E-state index contributed by atoms with van der Waals surface area (Å²) in [6, 6.07) is 1.86. The summed E-state index contributed by atoms with van der Waals surface area (Å²) < 4.78 is 130. The van der Waals surface area contributed by atoms with Crippen molar-refractivity contribution in [1.82, 2.24) is 25.1 Å². The number of fused-ring (bicyclic) bond motifs is 1. The Kier molecular flexibility index (Phi) is 10.1. The zero-order chi connectivity index (χ0) is 35.9. The molecule has 1 aromatic heterocycles. The molecule has 268 valence electrons. The van der Waals surface area contributed by atoms with E-state index in [1.165, 1.54) is 14.6 Å². The van der Waals surface area contributed by atoms with Crippen LogP contribution in [0.1, 0.15) is 73.9 Å². The maximum Gasteiger partial charge on any atom is 0.416 e. The second-order valence-corrected chi connectivity index (χ2v) is 12.5. The number of ether oxygens (including phenoxy) is 1. The summed E-state index contributed by atoms with van der Waals surface area (Å²) in [7, 11) is 0. The van der Waals surface area contributed by atoms with Gasteiger partial charge in [0.2, 0.25) is 0 Å². The van der Waals surface area contributed by atoms with Crippen LogP contribution in [0.15, 0.2) is 36.4 Å². The van der Waals surface area contributed by atoms with Crippen LogP contribution in [0.2, 0.25) is 0 Å². The molecule has 1 amide bonds. The number of hydrogen-bond donors (Lipinski definition) is 0. The smallest absolute Gasteiger partial charge is 0.416 e. The van der Waals surface area contributed by atoms with Crippen LogP contribution >= 0.6 is 0 Å². The first-order valence-electron chi connectivity index (χ1n) is 15.6. The van der Waals surface area contributed by atoms with Crippen LogP contribution in [-0.4, -0.2) is 63.0 Å². The van der Waals surface area contributed by atoms with Gasteiger partial charge in [0.1, 0.15) is 0 Å². The number of nitrogens with zero attached hydrogens (tertiary/aromatic N) is 7. The van der Waals surface area contributed by atoms with Gasteiger partial charge >= 0.3 is 24.6 Å². The molecule has 3 aromatic rings. The van der Waals surface area contributed by atoms with Crippen molar-refractivity contribution in [3.63, 3.8) is 0 Å². The average Bonchev–Trinajstić information content (AvgIpc) is 3.69. The van der Waals surface area contributed by atoms with Crippen molar-refractivity contribution in [1.29, 1.82) is 0 Å². The number of hydrogen-bond acceptors (Lipinski definition) is 7. The zero-order valence-electron chi connectivity index (χ0n) is 26.7. The number of halogens is 9. The fourth-order valence-electron chi connectivity index (χ4n) is 6.15. The van der Waals surface area contributed by atoms with Crippen LogP contribution in [0.3, 0.4) is 0 Å². The third-order valence-electron chi connectivity index (χ3n) is 8.40. The van der Waals surface area contributed by atoms with Gasteiger partial charge in [0, 0.05) is 19.1 Å². The number of carbonyl (C=O) groups excluding carboxylic acids is 1. The monoisotopic (exact) mass is 707 g/mol. The molecule has 0 radical (unpaired) electrons. The second kappa shape index (κ2) is 13.7. The molecule has 1 saturated heterocycles. The van der Waals surface area contributed by atoms with E-state index in [4.69, 9.17) is 4.74 Å². The van der Waals surface area contributed by atoms with Gasteiger partial charge in [0.15, 0.2) is 0 Å². The lowest BCUT2D eigenvalue weighted by Gasteiger charge is -2.43. The summed E-state index contributed by atoms with van der Waals surface area (Å²) in [5, 5.41) is 12.5. The van der Waals surface area contributed by atoms with Crippen molar-refractivity contribution in [3.8, 4) is 0 Å². The Hall–Kier alpha value is -4.09. The molecule has 3 heterocycles. The van der Waals surface area contributed by atoms with Gasteiger partial charge in [0.25, 0.3) is 5.95 Å². The SMILES string of the molecule is CC(C)OC(=O)N1c2ccc(C(F)(F)F)cc2C(N(Cc2cc(C(F)(F)F)cc(C(F)(F)F)c2)c2nnn(CCN3CCCC3)n2)CC1C. The highest BCUT2D eigenvalue weighted by atomic mass is 19.4. The Bertz CT molecular complexity index is 1600. The van der Waals surface area contributed by atoms with E-state index in [-0.39, 0.29) is 36.2 Å². The Morgan fingerprint density at radius 1 is 0.898 bits per heavy atom.